The predicted octanol–water partition coefficient (Wildman–Crippen LogP) is 17.1. The van der Waals surface area contributed by atoms with Crippen LogP contribution in [0.1, 0.15) is 239 Å². The van der Waals surface area contributed by atoms with Crippen LogP contribution in [0.4, 0.5) is 0 Å². The molecule has 0 saturated heterocycles. The minimum Gasteiger partial charge on any atom is -0.462 e. The zero-order chi connectivity index (χ0) is 43.5. The van der Waals surface area contributed by atoms with Gasteiger partial charge in [-0.15, -0.1) is 0 Å². The summed E-state index contributed by atoms with van der Waals surface area (Å²) in [5.41, 5.74) is 0. The van der Waals surface area contributed by atoms with E-state index in [0.29, 0.717) is 19.4 Å². The molecule has 0 saturated carbocycles. The second-order valence-corrected chi connectivity index (χ2v) is 16.7. The summed E-state index contributed by atoms with van der Waals surface area (Å²) < 4.78 is 17.3. The van der Waals surface area contributed by atoms with E-state index < -0.39 is 6.10 Å². The Bertz CT molecular complexity index is 1080. The van der Waals surface area contributed by atoms with E-state index in [1.54, 1.807) is 0 Å². The average molecular weight is 837 g/mol. The van der Waals surface area contributed by atoms with E-state index in [4.69, 9.17) is 14.2 Å². The largest absolute Gasteiger partial charge is 0.462 e. The van der Waals surface area contributed by atoms with Gasteiger partial charge in [-0.3, -0.25) is 9.59 Å². The zero-order valence-electron chi connectivity index (χ0n) is 39.7. The van der Waals surface area contributed by atoms with Crippen LogP contribution < -0.4 is 0 Å². The second-order valence-electron chi connectivity index (χ2n) is 16.7. The Labute approximate surface area is 372 Å². The van der Waals surface area contributed by atoms with Crippen LogP contribution >= 0.6 is 0 Å². The van der Waals surface area contributed by atoms with Crippen molar-refractivity contribution in [1.29, 1.82) is 0 Å². The molecule has 1 unspecified atom stereocenters. The number of carbonyl (C=O) groups is 2. The Morgan fingerprint density at radius 2 is 0.750 bits per heavy atom. The molecule has 0 radical (unpaired) electrons. The molecule has 0 aliphatic rings. The molecule has 0 amide bonds. The zero-order valence-corrected chi connectivity index (χ0v) is 39.7. The van der Waals surface area contributed by atoms with Crippen LogP contribution in [0, 0.1) is 0 Å². The molecule has 0 rings (SSSR count). The lowest BCUT2D eigenvalue weighted by molar-refractivity contribution is -0.163. The molecule has 0 N–H and O–H groups in total. The van der Waals surface area contributed by atoms with Crippen molar-refractivity contribution in [2.24, 2.45) is 0 Å². The number of hydrogen-bond acceptors (Lipinski definition) is 5. The van der Waals surface area contributed by atoms with Crippen LogP contribution in [0.2, 0.25) is 0 Å². The molecular weight excluding hydrogens is 741 g/mol. The lowest BCUT2D eigenvalue weighted by Gasteiger charge is -2.18. The molecule has 0 aromatic heterocycles. The number of allylic oxidation sites excluding steroid dienone is 12. The summed E-state index contributed by atoms with van der Waals surface area (Å²) in [5.74, 6) is -0.428. The molecule has 5 heteroatoms. The Morgan fingerprint density at radius 1 is 0.383 bits per heavy atom. The van der Waals surface area contributed by atoms with Crippen LogP contribution in [0.3, 0.4) is 0 Å². The van der Waals surface area contributed by atoms with Gasteiger partial charge in [0.25, 0.3) is 0 Å². The van der Waals surface area contributed by atoms with Crippen molar-refractivity contribution in [3.05, 3.63) is 72.9 Å². The standard InChI is InChI=1S/C55H96O5/c1-4-7-10-13-16-19-22-25-26-27-28-29-32-35-38-41-44-47-50-58-51-53(60-55(57)49-46-43-40-37-34-31-24-21-18-15-12-9-6-3)52-59-54(56)48-45-42-39-36-33-30-23-20-17-14-11-8-5-2/h7,10,16,19-20,23,25-26,28-29,35,38,53H,4-6,8-9,11-15,17-18,21-22,24,27,30-34,36-37,39-52H2,1-3H3/b10-7-,19-16-,23-20-,26-25-,29-28-,38-35-. The summed E-state index contributed by atoms with van der Waals surface area (Å²) in [5, 5.41) is 0. The van der Waals surface area contributed by atoms with E-state index in [1.807, 2.05) is 0 Å². The van der Waals surface area contributed by atoms with Gasteiger partial charge in [-0.25, -0.2) is 0 Å². The number of ether oxygens (including phenoxy) is 3. The summed E-state index contributed by atoms with van der Waals surface area (Å²) in [4.78, 5) is 25.3. The summed E-state index contributed by atoms with van der Waals surface area (Å²) in [6.07, 6.45) is 64.8. The smallest absolute Gasteiger partial charge is 0.306 e. The van der Waals surface area contributed by atoms with Crippen LogP contribution in [-0.2, 0) is 23.8 Å². The number of carbonyl (C=O) groups excluding carboxylic acids is 2. The highest BCUT2D eigenvalue weighted by Gasteiger charge is 2.17. The molecule has 1 atom stereocenters. The summed E-state index contributed by atoms with van der Waals surface area (Å²) in [6, 6.07) is 0. The van der Waals surface area contributed by atoms with E-state index in [1.165, 1.54) is 116 Å². The van der Waals surface area contributed by atoms with Gasteiger partial charge in [-0.1, -0.05) is 209 Å². The summed E-state index contributed by atoms with van der Waals surface area (Å²) in [6.45, 7) is 7.60. The molecule has 0 fully saturated rings. The monoisotopic (exact) mass is 837 g/mol. The molecule has 60 heavy (non-hydrogen) atoms. The number of unbranched alkanes of at least 4 members (excludes halogenated alkanes) is 23. The van der Waals surface area contributed by atoms with E-state index in [2.05, 4.69) is 93.7 Å². The molecule has 346 valence electrons. The maximum Gasteiger partial charge on any atom is 0.306 e. The minimum atomic E-state index is -0.561. The molecule has 0 aromatic rings. The minimum absolute atomic E-state index is 0.0635. The van der Waals surface area contributed by atoms with E-state index >= 15 is 0 Å². The van der Waals surface area contributed by atoms with Crippen molar-refractivity contribution < 1.29 is 23.8 Å². The fraction of sp³-hybridized carbons (Fsp3) is 0.745. The highest BCUT2D eigenvalue weighted by Crippen LogP contribution is 2.14. The predicted molar refractivity (Wildman–Crippen MR) is 260 cm³/mol. The first-order valence-corrected chi connectivity index (χ1v) is 25.5. The first-order chi connectivity index (χ1) is 29.6. The SMILES string of the molecule is CC/C=C\C/C=C\C/C=C\C/C=C\C/C=C\CCCCOCC(COC(=O)CCCCCCC/C=C\CCCCCC)OC(=O)CCCCCCCCCCCCCCC. The first-order valence-electron chi connectivity index (χ1n) is 25.5. The van der Waals surface area contributed by atoms with Gasteiger partial charge >= 0.3 is 11.9 Å². The molecule has 0 heterocycles. The van der Waals surface area contributed by atoms with Gasteiger partial charge < -0.3 is 14.2 Å². The molecule has 5 nitrogen and oxygen atoms in total. The van der Waals surface area contributed by atoms with E-state index in [0.717, 1.165) is 89.9 Å². The topological polar surface area (TPSA) is 61.8 Å². The van der Waals surface area contributed by atoms with Crippen molar-refractivity contribution in [2.75, 3.05) is 19.8 Å². The maximum atomic E-state index is 12.8. The van der Waals surface area contributed by atoms with Crippen LogP contribution in [-0.4, -0.2) is 37.9 Å². The molecule has 0 aliphatic heterocycles. The van der Waals surface area contributed by atoms with Crippen molar-refractivity contribution in [3.8, 4) is 0 Å². The van der Waals surface area contributed by atoms with Gasteiger partial charge in [-0.05, 0) is 89.9 Å². The van der Waals surface area contributed by atoms with Gasteiger partial charge in [-0.2, -0.15) is 0 Å². The van der Waals surface area contributed by atoms with Crippen molar-refractivity contribution >= 4 is 11.9 Å². The van der Waals surface area contributed by atoms with Gasteiger partial charge in [0, 0.05) is 19.4 Å². The fourth-order valence-corrected chi connectivity index (χ4v) is 6.94. The quantitative estimate of drug-likeness (QED) is 0.0347. The highest BCUT2D eigenvalue weighted by atomic mass is 16.6. The fourth-order valence-electron chi connectivity index (χ4n) is 6.94. The Hall–Kier alpha value is -2.66. The molecule has 0 bridgehead atoms. The molecule has 0 spiro atoms. The van der Waals surface area contributed by atoms with E-state index in [9.17, 15) is 9.59 Å². The Kier molecular flexibility index (Phi) is 48.4. The lowest BCUT2D eigenvalue weighted by atomic mass is 10.0. The lowest BCUT2D eigenvalue weighted by Crippen LogP contribution is -2.30. The third-order valence-corrected chi connectivity index (χ3v) is 10.7. The molecular formula is C55H96O5. The van der Waals surface area contributed by atoms with Crippen molar-refractivity contribution in [1.82, 2.24) is 0 Å². The maximum absolute atomic E-state index is 12.8. The van der Waals surface area contributed by atoms with Crippen LogP contribution in [0.25, 0.3) is 0 Å². The van der Waals surface area contributed by atoms with Crippen molar-refractivity contribution in [2.45, 2.75) is 245 Å². The Balaban J connectivity index is 4.35. The number of rotatable bonds is 46. The third kappa shape index (κ3) is 48.0. The van der Waals surface area contributed by atoms with Gasteiger partial charge in [0.05, 0.1) is 6.61 Å². The number of esters is 2. The second kappa shape index (κ2) is 50.7. The normalized spacial score (nSPS) is 12.8. The van der Waals surface area contributed by atoms with Crippen LogP contribution in [0.5, 0.6) is 0 Å². The highest BCUT2D eigenvalue weighted by molar-refractivity contribution is 5.70. The average Bonchev–Trinajstić information content (AvgIpc) is 3.25. The van der Waals surface area contributed by atoms with Crippen LogP contribution in [0.15, 0.2) is 72.9 Å². The van der Waals surface area contributed by atoms with Gasteiger partial charge in [0.15, 0.2) is 6.10 Å². The third-order valence-electron chi connectivity index (χ3n) is 10.7. The van der Waals surface area contributed by atoms with Crippen molar-refractivity contribution in [3.63, 3.8) is 0 Å². The molecule has 0 aliphatic carbocycles. The number of hydrogen-bond donors (Lipinski definition) is 0. The molecule has 0 aromatic carbocycles. The van der Waals surface area contributed by atoms with E-state index in [-0.39, 0.29) is 25.2 Å². The Morgan fingerprint density at radius 3 is 1.23 bits per heavy atom. The summed E-state index contributed by atoms with van der Waals surface area (Å²) in [7, 11) is 0. The summed E-state index contributed by atoms with van der Waals surface area (Å²) >= 11 is 0. The van der Waals surface area contributed by atoms with Gasteiger partial charge in [0.1, 0.15) is 6.61 Å². The first kappa shape index (κ1) is 57.3. The van der Waals surface area contributed by atoms with Gasteiger partial charge in [0.2, 0.25) is 0 Å².